The van der Waals surface area contributed by atoms with Crippen LogP contribution in [0.3, 0.4) is 0 Å². The summed E-state index contributed by atoms with van der Waals surface area (Å²) in [6, 6.07) is 12.8. The van der Waals surface area contributed by atoms with Gasteiger partial charge in [0, 0.05) is 24.7 Å². The average Bonchev–Trinajstić information content (AvgIpc) is 3.02. The van der Waals surface area contributed by atoms with E-state index >= 15 is 0 Å². The molecule has 1 heterocycles. The first-order valence-corrected chi connectivity index (χ1v) is 7.70. The zero-order valence-electron chi connectivity index (χ0n) is 13.3. The van der Waals surface area contributed by atoms with Crippen LogP contribution in [0.2, 0.25) is 0 Å². The molecule has 3 rings (SSSR count). The number of aromatic nitrogens is 2. The van der Waals surface area contributed by atoms with Crippen LogP contribution >= 0.6 is 0 Å². The fourth-order valence-corrected chi connectivity index (χ4v) is 2.47. The van der Waals surface area contributed by atoms with E-state index in [-0.39, 0.29) is 11.8 Å². The number of nitrogens with zero attached hydrogens (tertiary/aromatic N) is 1. The summed E-state index contributed by atoms with van der Waals surface area (Å²) in [7, 11) is 0. The van der Waals surface area contributed by atoms with Crippen LogP contribution in [0.15, 0.2) is 48.8 Å². The number of hydrogen-bond acceptors (Lipinski definition) is 3. The topological polar surface area (TPSA) is 86.9 Å². The summed E-state index contributed by atoms with van der Waals surface area (Å²) in [5.74, 6) is -0.270. The molecule has 0 aliphatic rings. The molecular formula is C18H18N4O2. The molecule has 0 saturated carbocycles. The zero-order valence-corrected chi connectivity index (χ0v) is 13.3. The highest BCUT2D eigenvalue weighted by molar-refractivity contribution is 5.95. The summed E-state index contributed by atoms with van der Waals surface area (Å²) in [5, 5.41) is 5.57. The van der Waals surface area contributed by atoms with E-state index < -0.39 is 0 Å². The normalized spacial score (nSPS) is 10.5. The standard InChI is InChI=1S/C18H18N4O2/c1-12(23)22-15-5-3-14(4-6-15)18(24)19-9-8-13-2-7-16-17(10-13)21-11-20-16/h2-7,10-11H,8-9H2,1H3,(H,19,24)(H,20,21)(H,22,23). The molecule has 3 aromatic rings. The Labute approximate surface area is 139 Å². The molecule has 122 valence electrons. The van der Waals surface area contributed by atoms with Gasteiger partial charge in [0.15, 0.2) is 0 Å². The van der Waals surface area contributed by atoms with E-state index in [1.165, 1.54) is 6.92 Å². The van der Waals surface area contributed by atoms with Crippen molar-refractivity contribution in [1.82, 2.24) is 15.3 Å². The Balaban J connectivity index is 1.54. The third-order valence-corrected chi connectivity index (χ3v) is 3.65. The molecular weight excluding hydrogens is 304 g/mol. The second-order valence-corrected chi connectivity index (χ2v) is 5.52. The van der Waals surface area contributed by atoms with Crippen molar-refractivity contribution in [1.29, 1.82) is 0 Å². The number of amides is 2. The summed E-state index contributed by atoms with van der Waals surface area (Å²) in [6.45, 7) is 1.99. The minimum atomic E-state index is -0.138. The minimum Gasteiger partial charge on any atom is -0.352 e. The van der Waals surface area contributed by atoms with Crippen molar-refractivity contribution in [3.8, 4) is 0 Å². The van der Waals surface area contributed by atoms with E-state index in [0.29, 0.717) is 17.8 Å². The van der Waals surface area contributed by atoms with E-state index in [9.17, 15) is 9.59 Å². The lowest BCUT2D eigenvalue weighted by molar-refractivity contribution is -0.114. The summed E-state index contributed by atoms with van der Waals surface area (Å²) >= 11 is 0. The number of fused-ring (bicyclic) bond motifs is 1. The number of rotatable bonds is 5. The first-order chi connectivity index (χ1) is 11.6. The van der Waals surface area contributed by atoms with Crippen molar-refractivity contribution in [2.75, 3.05) is 11.9 Å². The molecule has 0 atom stereocenters. The van der Waals surface area contributed by atoms with Crippen molar-refractivity contribution in [2.45, 2.75) is 13.3 Å². The Morgan fingerprint density at radius 2 is 1.92 bits per heavy atom. The Bertz CT molecular complexity index is 868. The third kappa shape index (κ3) is 3.78. The molecule has 0 radical (unpaired) electrons. The van der Waals surface area contributed by atoms with Crippen molar-refractivity contribution < 1.29 is 9.59 Å². The quantitative estimate of drug-likeness (QED) is 0.674. The molecule has 0 bridgehead atoms. The zero-order chi connectivity index (χ0) is 16.9. The molecule has 3 N–H and O–H groups in total. The molecule has 2 amide bonds. The van der Waals surface area contributed by atoms with Gasteiger partial charge in [-0.25, -0.2) is 4.98 Å². The fourth-order valence-electron chi connectivity index (χ4n) is 2.47. The van der Waals surface area contributed by atoms with Crippen LogP contribution in [-0.4, -0.2) is 28.3 Å². The smallest absolute Gasteiger partial charge is 0.251 e. The second-order valence-electron chi connectivity index (χ2n) is 5.52. The van der Waals surface area contributed by atoms with Gasteiger partial charge in [0.25, 0.3) is 5.91 Å². The van der Waals surface area contributed by atoms with Gasteiger partial charge in [-0.1, -0.05) is 6.07 Å². The monoisotopic (exact) mass is 322 g/mol. The number of anilines is 1. The average molecular weight is 322 g/mol. The van der Waals surface area contributed by atoms with E-state index in [2.05, 4.69) is 20.6 Å². The van der Waals surface area contributed by atoms with Gasteiger partial charge >= 0.3 is 0 Å². The van der Waals surface area contributed by atoms with Crippen molar-refractivity contribution in [3.05, 3.63) is 59.9 Å². The first kappa shape index (κ1) is 15.7. The van der Waals surface area contributed by atoms with Gasteiger partial charge in [0.1, 0.15) is 0 Å². The fraction of sp³-hybridized carbons (Fsp3) is 0.167. The maximum Gasteiger partial charge on any atom is 0.251 e. The molecule has 0 aliphatic heterocycles. The first-order valence-electron chi connectivity index (χ1n) is 7.70. The van der Waals surface area contributed by atoms with Gasteiger partial charge in [-0.05, 0) is 48.4 Å². The molecule has 6 nitrogen and oxygen atoms in total. The van der Waals surface area contributed by atoms with Crippen LogP contribution in [0.25, 0.3) is 11.0 Å². The third-order valence-electron chi connectivity index (χ3n) is 3.65. The van der Waals surface area contributed by atoms with Gasteiger partial charge in [0.05, 0.1) is 17.4 Å². The molecule has 6 heteroatoms. The molecule has 0 spiro atoms. The number of hydrogen-bond donors (Lipinski definition) is 3. The van der Waals surface area contributed by atoms with Crippen molar-refractivity contribution in [3.63, 3.8) is 0 Å². The SMILES string of the molecule is CC(=O)Nc1ccc(C(=O)NCCc2ccc3nc[nH]c3c2)cc1. The number of aromatic amines is 1. The van der Waals surface area contributed by atoms with Crippen LogP contribution in [-0.2, 0) is 11.2 Å². The van der Waals surface area contributed by atoms with Gasteiger partial charge in [-0.15, -0.1) is 0 Å². The second kappa shape index (κ2) is 6.95. The van der Waals surface area contributed by atoms with Crippen molar-refractivity contribution in [2.24, 2.45) is 0 Å². The van der Waals surface area contributed by atoms with Gasteiger partial charge in [-0.2, -0.15) is 0 Å². The van der Waals surface area contributed by atoms with Crippen molar-refractivity contribution >= 4 is 28.5 Å². The summed E-state index contributed by atoms with van der Waals surface area (Å²) in [6.07, 6.45) is 2.41. The van der Waals surface area contributed by atoms with Gasteiger partial charge in [0.2, 0.25) is 5.91 Å². The Morgan fingerprint density at radius 3 is 2.67 bits per heavy atom. The molecule has 0 aliphatic carbocycles. The number of H-pyrrole nitrogens is 1. The van der Waals surface area contributed by atoms with E-state index in [0.717, 1.165) is 23.0 Å². The summed E-state index contributed by atoms with van der Waals surface area (Å²) in [5.41, 5.74) is 4.29. The number of nitrogens with one attached hydrogen (secondary N) is 3. The molecule has 24 heavy (non-hydrogen) atoms. The Kier molecular flexibility index (Phi) is 4.56. The highest BCUT2D eigenvalue weighted by Crippen LogP contribution is 2.12. The largest absolute Gasteiger partial charge is 0.352 e. The highest BCUT2D eigenvalue weighted by Gasteiger charge is 2.06. The lowest BCUT2D eigenvalue weighted by Gasteiger charge is -2.07. The Morgan fingerprint density at radius 1 is 1.12 bits per heavy atom. The van der Waals surface area contributed by atoms with Gasteiger partial charge < -0.3 is 15.6 Å². The number of imidazole rings is 1. The lowest BCUT2D eigenvalue weighted by Crippen LogP contribution is -2.25. The number of carbonyl (C=O) groups excluding carboxylic acids is 2. The van der Waals surface area contributed by atoms with E-state index in [4.69, 9.17) is 0 Å². The van der Waals surface area contributed by atoms with Crippen LogP contribution in [0.5, 0.6) is 0 Å². The molecule has 1 aromatic heterocycles. The number of benzene rings is 2. The summed E-state index contributed by atoms with van der Waals surface area (Å²) in [4.78, 5) is 30.4. The van der Waals surface area contributed by atoms with E-state index in [1.807, 2.05) is 18.2 Å². The minimum absolute atomic E-state index is 0.132. The Hall–Kier alpha value is -3.15. The molecule has 0 fully saturated rings. The molecule has 2 aromatic carbocycles. The number of carbonyl (C=O) groups is 2. The maximum absolute atomic E-state index is 12.1. The van der Waals surface area contributed by atoms with Crippen LogP contribution < -0.4 is 10.6 Å². The molecule has 0 unspecified atom stereocenters. The maximum atomic E-state index is 12.1. The summed E-state index contributed by atoms with van der Waals surface area (Å²) < 4.78 is 0. The molecule has 0 saturated heterocycles. The predicted octanol–water partition coefficient (Wildman–Crippen LogP) is 2.49. The lowest BCUT2D eigenvalue weighted by atomic mass is 10.1. The van der Waals surface area contributed by atoms with Gasteiger partial charge in [-0.3, -0.25) is 9.59 Å². The highest BCUT2D eigenvalue weighted by atomic mass is 16.2. The van der Waals surface area contributed by atoms with Crippen LogP contribution in [0.4, 0.5) is 5.69 Å². The van der Waals surface area contributed by atoms with Crippen LogP contribution in [0, 0.1) is 0 Å². The predicted molar refractivity (Wildman–Crippen MR) is 92.9 cm³/mol. The van der Waals surface area contributed by atoms with Crippen LogP contribution in [0.1, 0.15) is 22.8 Å². The van der Waals surface area contributed by atoms with E-state index in [1.54, 1.807) is 30.6 Å².